The van der Waals surface area contributed by atoms with Crippen molar-refractivity contribution >= 4 is 22.4 Å². The minimum atomic E-state index is -0.577. The maximum absolute atomic E-state index is 15.9. The molecule has 1 aromatic carbocycles. The molecule has 1 N–H and O–H groups in total. The second-order valence-electron chi connectivity index (χ2n) is 14.7. The summed E-state index contributed by atoms with van der Waals surface area (Å²) >= 11 is 0. The SMILES string of the molecule is C=C/C=C\C(=C/C=C)c1nn2c(c1-n1ccn(-c3ccc4c(cnn4C)c3F)c1=O)CN(C(=O)C1CCCCCCCC1C1(c3noc(=O)[nH]3)CC1)CC2. The highest BCUT2D eigenvalue weighted by Gasteiger charge is 2.57. The van der Waals surface area contributed by atoms with Gasteiger partial charge in [-0.05, 0) is 43.7 Å². The molecule has 0 saturated heterocycles. The predicted molar refractivity (Wildman–Crippen MR) is 202 cm³/mol. The first kappa shape index (κ1) is 35.3. The van der Waals surface area contributed by atoms with Gasteiger partial charge in [-0.3, -0.25) is 32.8 Å². The average Bonchev–Trinajstić information content (AvgIpc) is 3.47. The van der Waals surface area contributed by atoms with E-state index in [1.807, 2.05) is 21.7 Å². The third-order valence-electron chi connectivity index (χ3n) is 11.6. The zero-order chi connectivity index (χ0) is 37.6. The van der Waals surface area contributed by atoms with Gasteiger partial charge in [0.2, 0.25) is 5.91 Å². The van der Waals surface area contributed by atoms with Crippen molar-refractivity contribution in [1.82, 2.24) is 43.7 Å². The second-order valence-corrected chi connectivity index (χ2v) is 14.7. The Morgan fingerprint density at radius 2 is 1.81 bits per heavy atom. The number of rotatable bonds is 9. The summed E-state index contributed by atoms with van der Waals surface area (Å²) in [6.45, 7) is 8.80. The maximum atomic E-state index is 15.9. The number of nitrogens with one attached hydrogen (secondary N) is 1. The van der Waals surface area contributed by atoms with E-state index in [-0.39, 0.29) is 35.4 Å². The maximum Gasteiger partial charge on any atom is 0.438 e. The van der Waals surface area contributed by atoms with Crippen molar-refractivity contribution in [3.8, 4) is 11.4 Å². The lowest BCUT2D eigenvalue weighted by Gasteiger charge is -2.37. The Balaban J connectivity index is 1.20. The first-order valence-corrected chi connectivity index (χ1v) is 18.7. The predicted octanol–water partition coefficient (Wildman–Crippen LogP) is 5.89. The summed E-state index contributed by atoms with van der Waals surface area (Å²) in [7, 11) is 1.74. The van der Waals surface area contributed by atoms with Crippen LogP contribution < -0.4 is 11.4 Å². The van der Waals surface area contributed by atoms with Gasteiger partial charge in [0.15, 0.2) is 11.6 Å². The Bertz CT molecular complexity index is 2430. The number of carbonyl (C=O) groups excluding carboxylic acids is 1. The molecule has 2 unspecified atom stereocenters. The molecule has 2 atom stereocenters. The fourth-order valence-electron chi connectivity index (χ4n) is 8.77. The normalized spacial score (nSPS) is 20.4. The van der Waals surface area contributed by atoms with E-state index in [0.717, 1.165) is 57.8 Å². The highest BCUT2D eigenvalue weighted by atomic mass is 19.1. The molecule has 3 aliphatic rings. The molecule has 280 valence electrons. The number of amides is 1. The van der Waals surface area contributed by atoms with Gasteiger partial charge >= 0.3 is 11.4 Å². The number of fused-ring (bicyclic) bond motifs is 2. The molecule has 0 bridgehead atoms. The van der Waals surface area contributed by atoms with Gasteiger partial charge in [0.05, 0.1) is 41.6 Å². The fourth-order valence-corrected chi connectivity index (χ4v) is 8.77. The molecule has 4 aromatic heterocycles. The van der Waals surface area contributed by atoms with Crippen LogP contribution in [0.1, 0.15) is 75.0 Å². The van der Waals surface area contributed by atoms with Gasteiger partial charge in [-0.15, -0.1) is 0 Å². The Morgan fingerprint density at radius 1 is 1.04 bits per heavy atom. The molecule has 54 heavy (non-hydrogen) atoms. The van der Waals surface area contributed by atoms with Crippen LogP contribution in [0.25, 0.3) is 27.9 Å². The molecular weight excluding hydrogens is 689 g/mol. The standard InChI is InChI=1S/C40H44FN9O4/c1-4-6-13-26(12-5-2)34-35(49-22-21-48(39(49)53)31-17-16-30-28(33(31)41)24-42-46(30)3)32-25-47(20-23-50(32)44-34)36(51)27-14-10-8-7-9-11-15-29(27)40(18-19-40)37-43-38(52)54-45-37/h4-6,12-13,16-17,21-22,24,27,29H,1-2,7-11,14-15,18-20,23,25H2,3H3,(H,43,45,52)/b13-6-,26-12+. The molecular formula is C40H44FN9O4. The highest BCUT2D eigenvalue weighted by molar-refractivity contribution is 5.83. The number of aryl methyl sites for hydroxylation is 1. The Kier molecular flexibility index (Phi) is 9.28. The lowest BCUT2D eigenvalue weighted by atomic mass is 9.73. The summed E-state index contributed by atoms with van der Waals surface area (Å²) in [4.78, 5) is 46.0. The van der Waals surface area contributed by atoms with Crippen LogP contribution in [0, 0.1) is 17.7 Å². The summed E-state index contributed by atoms with van der Waals surface area (Å²) in [5.74, 6) is -0.792. The molecule has 13 nitrogen and oxygen atoms in total. The van der Waals surface area contributed by atoms with Crippen molar-refractivity contribution in [2.45, 2.75) is 76.3 Å². The second kappa shape index (κ2) is 14.2. The van der Waals surface area contributed by atoms with Crippen LogP contribution in [-0.4, -0.2) is 56.2 Å². The molecule has 2 aliphatic carbocycles. The Hall–Kier alpha value is -5.79. The molecule has 5 heterocycles. The van der Waals surface area contributed by atoms with Gasteiger partial charge in [0.1, 0.15) is 11.4 Å². The summed E-state index contributed by atoms with van der Waals surface area (Å²) < 4.78 is 27.1. The summed E-state index contributed by atoms with van der Waals surface area (Å²) in [5, 5.41) is 13.6. The molecule has 0 radical (unpaired) electrons. The first-order chi connectivity index (χ1) is 26.3. The molecule has 5 aromatic rings. The smallest absolute Gasteiger partial charge is 0.335 e. The van der Waals surface area contributed by atoms with Crippen molar-refractivity contribution in [3.05, 3.63) is 118 Å². The number of hydrogen-bond acceptors (Lipinski definition) is 7. The molecule has 0 spiro atoms. The van der Waals surface area contributed by atoms with Crippen LogP contribution >= 0.6 is 0 Å². The zero-order valence-electron chi connectivity index (χ0n) is 30.4. The van der Waals surface area contributed by atoms with Gasteiger partial charge in [-0.25, -0.2) is 14.0 Å². The van der Waals surface area contributed by atoms with Gasteiger partial charge in [0, 0.05) is 42.9 Å². The molecule has 1 aliphatic heterocycles. The van der Waals surface area contributed by atoms with Crippen molar-refractivity contribution in [1.29, 1.82) is 0 Å². The third kappa shape index (κ3) is 6.02. The minimum absolute atomic E-state index is 0.000544. The lowest BCUT2D eigenvalue weighted by molar-refractivity contribution is -0.140. The summed E-state index contributed by atoms with van der Waals surface area (Å²) in [5.41, 5.74) is 2.24. The van der Waals surface area contributed by atoms with Crippen LogP contribution in [-0.2, 0) is 30.3 Å². The topological polar surface area (TPSA) is 142 Å². The van der Waals surface area contributed by atoms with Crippen LogP contribution in [0.4, 0.5) is 4.39 Å². The average molecular weight is 734 g/mol. The fraction of sp³-hybridized carbons (Fsp3) is 0.400. The Labute approximate surface area is 310 Å². The van der Waals surface area contributed by atoms with E-state index in [1.165, 1.54) is 15.3 Å². The van der Waals surface area contributed by atoms with E-state index < -0.39 is 17.3 Å². The molecule has 2 saturated carbocycles. The monoisotopic (exact) mass is 733 g/mol. The minimum Gasteiger partial charge on any atom is -0.335 e. The number of H-pyrrole nitrogens is 1. The summed E-state index contributed by atoms with van der Waals surface area (Å²) in [6, 6.07) is 3.31. The number of benzene rings is 1. The summed E-state index contributed by atoms with van der Waals surface area (Å²) in [6.07, 6.45) is 21.9. The molecule has 14 heteroatoms. The quantitative estimate of drug-likeness (QED) is 0.186. The van der Waals surface area contributed by atoms with Gasteiger partial charge in [-0.2, -0.15) is 10.2 Å². The lowest BCUT2D eigenvalue weighted by Crippen LogP contribution is -2.46. The molecule has 1 amide bonds. The van der Waals surface area contributed by atoms with Crippen LogP contribution in [0.3, 0.4) is 0 Å². The number of allylic oxidation sites excluding steroid dienone is 6. The molecule has 2 fully saturated rings. The Morgan fingerprint density at radius 3 is 2.56 bits per heavy atom. The van der Waals surface area contributed by atoms with E-state index in [1.54, 1.807) is 54.5 Å². The van der Waals surface area contributed by atoms with Crippen molar-refractivity contribution < 1.29 is 13.7 Å². The van der Waals surface area contributed by atoms with Crippen LogP contribution in [0.2, 0.25) is 0 Å². The number of carbonyl (C=O) groups is 1. The van der Waals surface area contributed by atoms with E-state index in [9.17, 15) is 14.4 Å². The van der Waals surface area contributed by atoms with E-state index >= 15 is 4.39 Å². The van der Waals surface area contributed by atoms with Gasteiger partial charge in [-0.1, -0.05) is 80.8 Å². The van der Waals surface area contributed by atoms with E-state index in [0.29, 0.717) is 52.5 Å². The van der Waals surface area contributed by atoms with E-state index in [4.69, 9.17) is 9.62 Å². The van der Waals surface area contributed by atoms with Gasteiger partial charge < -0.3 is 4.90 Å². The van der Waals surface area contributed by atoms with Crippen molar-refractivity contribution in [2.24, 2.45) is 18.9 Å². The zero-order valence-corrected chi connectivity index (χ0v) is 30.4. The van der Waals surface area contributed by atoms with E-state index in [2.05, 4.69) is 28.4 Å². The van der Waals surface area contributed by atoms with Crippen molar-refractivity contribution in [2.75, 3.05) is 6.54 Å². The highest BCUT2D eigenvalue weighted by Crippen LogP contribution is 2.57. The number of imidazole rings is 1. The number of aromatic amines is 1. The van der Waals surface area contributed by atoms with Crippen molar-refractivity contribution in [3.63, 3.8) is 0 Å². The largest absolute Gasteiger partial charge is 0.438 e. The number of aromatic nitrogens is 8. The van der Waals surface area contributed by atoms with Gasteiger partial charge in [0.25, 0.3) is 0 Å². The third-order valence-corrected chi connectivity index (χ3v) is 11.6. The first-order valence-electron chi connectivity index (χ1n) is 18.7. The van der Waals surface area contributed by atoms with Crippen LogP contribution in [0.5, 0.6) is 0 Å². The number of nitrogens with zero attached hydrogens (tertiary/aromatic N) is 8. The number of hydrogen-bond donors (Lipinski definition) is 1. The number of halogens is 1. The van der Waals surface area contributed by atoms with Crippen LogP contribution in [0.15, 0.2) is 88.4 Å². The molecule has 8 rings (SSSR count).